The first kappa shape index (κ1) is 14.6. The van der Waals surface area contributed by atoms with Gasteiger partial charge in [-0.15, -0.1) is 0 Å². The molecule has 1 heterocycles. The first-order valence-corrected chi connectivity index (χ1v) is 7.35. The van der Waals surface area contributed by atoms with E-state index in [-0.39, 0.29) is 11.9 Å². The minimum absolute atomic E-state index is 0.0235. The second-order valence-corrected chi connectivity index (χ2v) is 5.24. The van der Waals surface area contributed by atoms with E-state index in [1.807, 2.05) is 25.1 Å². The standard InChI is InChI=1S/C16H23N3O/c1-4-5-8-11-19-15-10-7-6-9-14(15)18-16(19)12(2)17-13(3)20/h6-7,9-10,12H,4-5,8,11H2,1-3H3,(H,17,20)/t12-/m1/s1. The molecular formula is C16H23N3O. The molecule has 0 bridgehead atoms. The Morgan fingerprint density at radius 1 is 1.35 bits per heavy atom. The summed E-state index contributed by atoms with van der Waals surface area (Å²) in [7, 11) is 0. The van der Waals surface area contributed by atoms with Crippen molar-refractivity contribution < 1.29 is 4.79 Å². The monoisotopic (exact) mass is 273 g/mol. The van der Waals surface area contributed by atoms with Crippen molar-refractivity contribution in [2.75, 3.05) is 0 Å². The number of hydrogen-bond donors (Lipinski definition) is 1. The van der Waals surface area contributed by atoms with Gasteiger partial charge in [0.05, 0.1) is 17.1 Å². The van der Waals surface area contributed by atoms with Crippen LogP contribution in [0.15, 0.2) is 24.3 Å². The number of hydrogen-bond acceptors (Lipinski definition) is 2. The van der Waals surface area contributed by atoms with Crippen molar-refractivity contribution >= 4 is 16.9 Å². The van der Waals surface area contributed by atoms with Gasteiger partial charge < -0.3 is 9.88 Å². The van der Waals surface area contributed by atoms with Crippen LogP contribution in [-0.4, -0.2) is 15.5 Å². The lowest BCUT2D eigenvalue weighted by atomic mass is 10.2. The SMILES string of the molecule is CCCCCn1c([C@@H](C)NC(C)=O)nc2ccccc21. The highest BCUT2D eigenvalue weighted by Gasteiger charge is 2.16. The number of amides is 1. The van der Waals surface area contributed by atoms with Crippen LogP contribution in [0.4, 0.5) is 0 Å². The highest BCUT2D eigenvalue weighted by molar-refractivity contribution is 5.77. The number of imidazole rings is 1. The molecule has 1 aromatic heterocycles. The van der Waals surface area contributed by atoms with Crippen molar-refractivity contribution in [3.63, 3.8) is 0 Å². The van der Waals surface area contributed by atoms with Gasteiger partial charge in [0.25, 0.3) is 0 Å². The van der Waals surface area contributed by atoms with Crippen LogP contribution >= 0.6 is 0 Å². The summed E-state index contributed by atoms with van der Waals surface area (Å²) in [5.74, 6) is 0.919. The second kappa shape index (κ2) is 6.55. The van der Waals surface area contributed by atoms with Gasteiger partial charge in [-0.2, -0.15) is 0 Å². The smallest absolute Gasteiger partial charge is 0.217 e. The third-order valence-electron chi connectivity index (χ3n) is 3.48. The molecule has 0 radical (unpaired) electrons. The van der Waals surface area contributed by atoms with Gasteiger partial charge >= 0.3 is 0 Å². The van der Waals surface area contributed by atoms with Gasteiger partial charge in [-0.05, 0) is 25.5 Å². The highest BCUT2D eigenvalue weighted by atomic mass is 16.1. The van der Waals surface area contributed by atoms with E-state index >= 15 is 0 Å². The zero-order chi connectivity index (χ0) is 14.5. The number of carbonyl (C=O) groups excluding carboxylic acids is 1. The summed E-state index contributed by atoms with van der Waals surface area (Å²) in [4.78, 5) is 16.0. The highest BCUT2D eigenvalue weighted by Crippen LogP contribution is 2.21. The third kappa shape index (κ3) is 3.18. The van der Waals surface area contributed by atoms with E-state index in [1.165, 1.54) is 12.8 Å². The molecular weight excluding hydrogens is 250 g/mol. The summed E-state index contributed by atoms with van der Waals surface area (Å²) in [6.45, 7) is 6.68. The van der Waals surface area contributed by atoms with Gasteiger partial charge in [-0.3, -0.25) is 4.79 Å². The van der Waals surface area contributed by atoms with Gasteiger partial charge in [0.2, 0.25) is 5.91 Å². The van der Waals surface area contributed by atoms with E-state index in [2.05, 4.69) is 22.9 Å². The molecule has 1 amide bonds. The molecule has 0 saturated heterocycles. The number of nitrogens with one attached hydrogen (secondary N) is 1. The summed E-state index contributed by atoms with van der Waals surface area (Å²) in [5, 5.41) is 2.93. The van der Waals surface area contributed by atoms with Crippen LogP contribution in [0.1, 0.15) is 51.9 Å². The Labute approximate surface area is 120 Å². The topological polar surface area (TPSA) is 46.9 Å². The number of para-hydroxylation sites is 2. The molecule has 0 aliphatic heterocycles. The fourth-order valence-electron chi connectivity index (χ4n) is 2.55. The molecule has 4 nitrogen and oxygen atoms in total. The Morgan fingerprint density at radius 2 is 2.10 bits per heavy atom. The molecule has 4 heteroatoms. The molecule has 0 aliphatic carbocycles. The molecule has 1 aromatic carbocycles. The predicted molar refractivity (Wildman–Crippen MR) is 81.5 cm³/mol. The Bertz CT molecular complexity index is 588. The van der Waals surface area contributed by atoms with E-state index in [1.54, 1.807) is 6.92 Å². The van der Waals surface area contributed by atoms with Crippen molar-refractivity contribution in [3.05, 3.63) is 30.1 Å². The maximum Gasteiger partial charge on any atom is 0.217 e. The van der Waals surface area contributed by atoms with Crippen LogP contribution < -0.4 is 5.32 Å². The minimum Gasteiger partial charge on any atom is -0.347 e. The van der Waals surface area contributed by atoms with E-state index in [9.17, 15) is 4.79 Å². The predicted octanol–water partition coefficient (Wildman–Crippen LogP) is 3.42. The Balaban J connectivity index is 2.35. The van der Waals surface area contributed by atoms with Gasteiger partial charge in [-0.25, -0.2) is 4.98 Å². The first-order chi connectivity index (χ1) is 9.63. The van der Waals surface area contributed by atoms with Crippen molar-refractivity contribution in [3.8, 4) is 0 Å². The average Bonchev–Trinajstić information content (AvgIpc) is 2.78. The van der Waals surface area contributed by atoms with Crippen molar-refractivity contribution in [2.45, 2.75) is 52.6 Å². The van der Waals surface area contributed by atoms with Crippen molar-refractivity contribution in [1.82, 2.24) is 14.9 Å². The quantitative estimate of drug-likeness (QED) is 0.820. The number of nitrogens with zero attached hydrogens (tertiary/aromatic N) is 2. The molecule has 0 unspecified atom stereocenters. The van der Waals surface area contributed by atoms with Gasteiger partial charge in [0.1, 0.15) is 5.82 Å². The average molecular weight is 273 g/mol. The van der Waals surface area contributed by atoms with Gasteiger partial charge in [0, 0.05) is 13.5 Å². The summed E-state index contributed by atoms with van der Waals surface area (Å²) < 4.78 is 2.24. The Kier molecular flexibility index (Phi) is 4.77. The zero-order valence-electron chi connectivity index (χ0n) is 12.5. The molecule has 0 aliphatic rings. The van der Waals surface area contributed by atoms with Gasteiger partial charge in [-0.1, -0.05) is 31.9 Å². The van der Waals surface area contributed by atoms with E-state index in [0.717, 1.165) is 29.8 Å². The summed E-state index contributed by atoms with van der Waals surface area (Å²) in [6, 6.07) is 8.08. The molecule has 20 heavy (non-hydrogen) atoms. The first-order valence-electron chi connectivity index (χ1n) is 7.35. The van der Waals surface area contributed by atoms with E-state index < -0.39 is 0 Å². The number of carbonyl (C=O) groups is 1. The van der Waals surface area contributed by atoms with Crippen LogP contribution in [0, 0.1) is 0 Å². The second-order valence-electron chi connectivity index (χ2n) is 5.24. The fourth-order valence-corrected chi connectivity index (χ4v) is 2.55. The molecule has 2 rings (SSSR count). The maximum atomic E-state index is 11.3. The van der Waals surface area contributed by atoms with Gasteiger partial charge in [0.15, 0.2) is 0 Å². The molecule has 108 valence electrons. The molecule has 2 aromatic rings. The Hall–Kier alpha value is -1.84. The molecule has 1 N–H and O–H groups in total. The number of aromatic nitrogens is 2. The number of aryl methyl sites for hydroxylation is 1. The molecule has 0 fully saturated rings. The number of rotatable bonds is 6. The van der Waals surface area contributed by atoms with E-state index in [0.29, 0.717) is 0 Å². The lowest BCUT2D eigenvalue weighted by Gasteiger charge is -2.15. The fraction of sp³-hybridized carbons (Fsp3) is 0.500. The lowest BCUT2D eigenvalue weighted by molar-refractivity contribution is -0.119. The largest absolute Gasteiger partial charge is 0.347 e. The van der Waals surface area contributed by atoms with Crippen LogP contribution in [0.5, 0.6) is 0 Å². The lowest BCUT2D eigenvalue weighted by Crippen LogP contribution is -2.26. The molecule has 0 saturated carbocycles. The van der Waals surface area contributed by atoms with Crippen LogP contribution in [0.3, 0.4) is 0 Å². The zero-order valence-corrected chi connectivity index (χ0v) is 12.5. The molecule has 1 atom stereocenters. The van der Waals surface area contributed by atoms with Crippen LogP contribution in [-0.2, 0) is 11.3 Å². The Morgan fingerprint density at radius 3 is 2.80 bits per heavy atom. The summed E-state index contributed by atoms with van der Waals surface area (Å²) in [6.07, 6.45) is 3.54. The molecule has 0 spiro atoms. The third-order valence-corrected chi connectivity index (χ3v) is 3.48. The summed E-state index contributed by atoms with van der Waals surface area (Å²) >= 11 is 0. The number of fused-ring (bicyclic) bond motifs is 1. The van der Waals surface area contributed by atoms with Crippen molar-refractivity contribution in [1.29, 1.82) is 0 Å². The van der Waals surface area contributed by atoms with Crippen LogP contribution in [0.2, 0.25) is 0 Å². The minimum atomic E-state index is -0.0680. The normalized spacial score (nSPS) is 12.6. The number of unbranched alkanes of at least 4 members (excludes halogenated alkanes) is 2. The maximum absolute atomic E-state index is 11.3. The summed E-state index contributed by atoms with van der Waals surface area (Å²) in [5.41, 5.74) is 2.15. The number of benzene rings is 1. The van der Waals surface area contributed by atoms with Crippen LogP contribution in [0.25, 0.3) is 11.0 Å². The van der Waals surface area contributed by atoms with Crippen molar-refractivity contribution in [2.24, 2.45) is 0 Å². The van der Waals surface area contributed by atoms with E-state index in [4.69, 9.17) is 4.98 Å².